The highest BCUT2D eigenvalue weighted by atomic mass is 32.2. The van der Waals surface area contributed by atoms with Crippen LogP contribution in [-0.4, -0.2) is 60.9 Å². The number of methoxy groups -OCH3 is 1. The van der Waals surface area contributed by atoms with Crippen molar-refractivity contribution in [1.82, 2.24) is 9.97 Å². The first kappa shape index (κ1) is 23.5. The largest absolute Gasteiger partial charge is 0.465 e. The Bertz CT molecular complexity index is 1140. The van der Waals surface area contributed by atoms with Crippen LogP contribution in [0, 0.1) is 5.82 Å². The smallest absolute Gasteiger partial charge is 0.337 e. The third-order valence-electron chi connectivity index (χ3n) is 5.35. The zero-order valence-electron chi connectivity index (χ0n) is 18.6. The Hall–Kier alpha value is -3.66. The summed E-state index contributed by atoms with van der Waals surface area (Å²) < 4.78 is 17.9. The van der Waals surface area contributed by atoms with Crippen LogP contribution in [-0.2, 0) is 9.53 Å². The summed E-state index contributed by atoms with van der Waals surface area (Å²) in [6, 6.07) is 13.0. The van der Waals surface area contributed by atoms with E-state index >= 15 is 0 Å². The molecule has 1 aliphatic heterocycles. The second-order valence-electron chi connectivity index (χ2n) is 7.54. The number of benzene rings is 2. The van der Waals surface area contributed by atoms with Gasteiger partial charge in [-0.15, -0.1) is 0 Å². The third kappa shape index (κ3) is 5.82. The monoisotopic (exact) mass is 481 g/mol. The van der Waals surface area contributed by atoms with Crippen LogP contribution in [0.4, 0.5) is 21.6 Å². The van der Waals surface area contributed by atoms with Gasteiger partial charge in [-0.2, -0.15) is 0 Å². The summed E-state index contributed by atoms with van der Waals surface area (Å²) in [4.78, 5) is 37.3. The average Bonchev–Trinajstić information content (AvgIpc) is 2.88. The number of nitrogens with one attached hydrogen (secondary N) is 1. The molecule has 2 aromatic carbocycles. The predicted molar refractivity (Wildman–Crippen MR) is 130 cm³/mol. The van der Waals surface area contributed by atoms with Crippen molar-refractivity contribution in [3.63, 3.8) is 0 Å². The molecule has 34 heavy (non-hydrogen) atoms. The minimum Gasteiger partial charge on any atom is -0.465 e. The fourth-order valence-electron chi connectivity index (χ4n) is 3.60. The number of amides is 1. The van der Waals surface area contributed by atoms with Crippen molar-refractivity contribution >= 4 is 40.8 Å². The van der Waals surface area contributed by atoms with E-state index in [1.807, 2.05) is 0 Å². The highest BCUT2D eigenvalue weighted by Crippen LogP contribution is 2.27. The number of ether oxygens (including phenoxy) is 1. The van der Waals surface area contributed by atoms with E-state index in [4.69, 9.17) is 0 Å². The number of halogens is 1. The highest BCUT2D eigenvalue weighted by molar-refractivity contribution is 8.00. The fourth-order valence-corrected chi connectivity index (χ4v) is 4.39. The number of piperazine rings is 1. The van der Waals surface area contributed by atoms with E-state index in [9.17, 15) is 14.0 Å². The van der Waals surface area contributed by atoms with E-state index in [1.165, 1.54) is 31.0 Å². The lowest BCUT2D eigenvalue weighted by Gasteiger charge is -2.37. The van der Waals surface area contributed by atoms with Gasteiger partial charge >= 0.3 is 5.97 Å². The van der Waals surface area contributed by atoms with Crippen LogP contribution in [0.1, 0.15) is 10.4 Å². The van der Waals surface area contributed by atoms with Crippen molar-refractivity contribution in [3.05, 3.63) is 72.3 Å². The second kappa shape index (κ2) is 11.0. The number of carbonyl (C=O) groups excluding carboxylic acids is 2. The molecule has 176 valence electrons. The summed E-state index contributed by atoms with van der Waals surface area (Å²) in [5, 5.41) is 3.51. The zero-order valence-corrected chi connectivity index (χ0v) is 19.4. The van der Waals surface area contributed by atoms with E-state index in [-0.39, 0.29) is 17.5 Å². The number of carbonyl (C=O) groups is 2. The number of hydrogen-bond acceptors (Lipinski definition) is 8. The predicted octanol–water partition coefficient (Wildman–Crippen LogP) is 3.46. The van der Waals surface area contributed by atoms with Gasteiger partial charge in [-0.05, 0) is 48.5 Å². The molecule has 1 N–H and O–H groups in total. The lowest BCUT2D eigenvalue weighted by molar-refractivity contribution is -0.113. The van der Waals surface area contributed by atoms with Gasteiger partial charge in [0.2, 0.25) is 5.91 Å². The Labute approximate surface area is 201 Å². The summed E-state index contributed by atoms with van der Waals surface area (Å²) in [6.45, 7) is 3.02. The summed E-state index contributed by atoms with van der Waals surface area (Å²) >= 11 is 1.32. The molecule has 1 saturated heterocycles. The topological polar surface area (TPSA) is 87.7 Å². The number of esters is 1. The maximum absolute atomic E-state index is 13.2. The highest BCUT2D eigenvalue weighted by Gasteiger charge is 2.22. The Morgan fingerprint density at radius 2 is 1.62 bits per heavy atom. The summed E-state index contributed by atoms with van der Waals surface area (Å²) in [5.74, 6) is 0.0583. The minimum absolute atomic E-state index is 0.167. The van der Waals surface area contributed by atoms with Crippen LogP contribution in [0.15, 0.2) is 66.0 Å². The second-order valence-corrected chi connectivity index (χ2v) is 8.51. The van der Waals surface area contributed by atoms with Crippen LogP contribution >= 0.6 is 11.8 Å². The number of aromatic nitrogens is 2. The van der Waals surface area contributed by atoms with Gasteiger partial charge in [-0.3, -0.25) is 4.79 Å². The third-order valence-corrected chi connectivity index (χ3v) is 6.32. The maximum atomic E-state index is 13.2. The Kier molecular flexibility index (Phi) is 7.58. The van der Waals surface area contributed by atoms with Crippen molar-refractivity contribution in [3.8, 4) is 0 Å². The number of anilines is 3. The van der Waals surface area contributed by atoms with Gasteiger partial charge in [0, 0.05) is 49.9 Å². The van der Waals surface area contributed by atoms with Gasteiger partial charge in [-0.1, -0.05) is 11.8 Å². The first-order chi connectivity index (χ1) is 16.5. The molecule has 0 aliphatic carbocycles. The molecule has 2 heterocycles. The zero-order chi connectivity index (χ0) is 23.9. The first-order valence-corrected chi connectivity index (χ1v) is 11.7. The van der Waals surface area contributed by atoms with Gasteiger partial charge < -0.3 is 19.9 Å². The van der Waals surface area contributed by atoms with Crippen LogP contribution in [0.3, 0.4) is 0 Å². The molecular formula is C24H24FN5O3S. The lowest BCUT2D eigenvalue weighted by Crippen LogP contribution is -2.47. The van der Waals surface area contributed by atoms with Crippen LogP contribution in [0.2, 0.25) is 0 Å². The van der Waals surface area contributed by atoms with Gasteiger partial charge in [0.05, 0.1) is 18.4 Å². The maximum Gasteiger partial charge on any atom is 0.337 e. The number of thioether (sulfide) groups is 1. The molecule has 3 aromatic rings. The molecule has 1 fully saturated rings. The standard InChI is InChI=1S/C24H24FN5O3S/c1-33-24(32)17-2-6-19(7-3-17)28-21(31)16-34-23-22(26-10-11-27-23)30-14-12-29(13-15-30)20-8-4-18(25)5-9-20/h2-11H,12-16H2,1H3,(H,28,31). The number of hydrogen-bond donors (Lipinski definition) is 1. The Morgan fingerprint density at radius 1 is 0.971 bits per heavy atom. The van der Waals surface area contributed by atoms with Crippen molar-refractivity contribution < 1.29 is 18.7 Å². The number of rotatable bonds is 7. The van der Waals surface area contributed by atoms with Crippen molar-refractivity contribution in [2.75, 3.05) is 54.2 Å². The normalized spacial score (nSPS) is 13.5. The quantitative estimate of drug-likeness (QED) is 0.406. The molecule has 0 atom stereocenters. The molecule has 10 heteroatoms. The minimum atomic E-state index is -0.429. The molecule has 8 nitrogen and oxygen atoms in total. The molecule has 1 amide bonds. The average molecular weight is 482 g/mol. The Balaban J connectivity index is 1.32. The summed E-state index contributed by atoms with van der Waals surface area (Å²) in [7, 11) is 1.32. The van der Waals surface area contributed by atoms with Gasteiger partial charge in [-0.25, -0.2) is 19.2 Å². The van der Waals surface area contributed by atoms with E-state index in [0.29, 0.717) is 16.3 Å². The number of nitrogens with zero attached hydrogens (tertiary/aromatic N) is 4. The van der Waals surface area contributed by atoms with Crippen LogP contribution in [0.25, 0.3) is 0 Å². The van der Waals surface area contributed by atoms with Gasteiger partial charge in [0.15, 0.2) is 5.82 Å². The molecular weight excluding hydrogens is 457 g/mol. The molecule has 0 spiro atoms. The molecule has 1 aliphatic rings. The van der Waals surface area contributed by atoms with E-state index in [1.54, 1.807) is 48.8 Å². The van der Waals surface area contributed by atoms with E-state index < -0.39 is 5.97 Å². The van der Waals surface area contributed by atoms with Gasteiger partial charge in [0.1, 0.15) is 10.8 Å². The van der Waals surface area contributed by atoms with Crippen LogP contribution in [0.5, 0.6) is 0 Å². The van der Waals surface area contributed by atoms with Crippen molar-refractivity contribution in [2.45, 2.75) is 5.03 Å². The summed E-state index contributed by atoms with van der Waals surface area (Å²) in [6.07, 6.45) is 3.26. The van der Waals surface area contributed by atoms with Gasteiger partial charge in [0.25, 0.3) is 0 Å². The SMILES string of the molecule is COC(=O)c1ccc(NC(=O)CSc2nccnc2N2CCN(c3ccc(F)cc3)CC2)cc1. The molecule has 0 bridgehead atoms. The molecule has 0 radical (unpaired) electrons. The van der Waals surface area contributed by atoms with E-state index in [0.717, 1.165) is 37.7 Å². The molecule has 1 aromatic heterocycles. The summed E-state index contributed by atoms with van der Waals surface area (Å²) in [5.41, 5.74) is 2.00. The molecule has 0 saturated carbocycles. The first-order valence-electron chi connectivity index (χ1n) is 10.7. The Morgan fingerprint density at radius 3 is 2.29 bits per heavy atom. The van der Waals surface area contributed by atoms with Crippen LogP contribution < -0.4 is 15.1 Å². The molecule has 4 rings (SSSR count). The molecule has 0 unspecified atom stereocenters. The fraction of sp³-hybridized carbons (Fsp3) is 0.250. The lowest BCUT2D eigenvalue weighted by atomic mass is 10.2. The van der Waals surface area contributed by atoms with Crippen molar-refractivity contribution in [2.24, 2.45) is 0 Å². The van der Waals surface area contributed by atoms with E-state index in [2.05, 4.69) is 29.8 Å². The van der Waals surface area contributed by atoms with Crippen molar-refractivity contribution in [1.29, 1.82) is 0 Å².